The van der Waals surface area contributed by atoms with Gasteiger partial charge in [-0.1, -0.05) is 48.0 Å². The van der Waals surface area contributed by atoms with Crippen LogP contribution in [0.3, 0.4) is 0 Å². The fourth-order valence-corrected chi connectivity index (χ4v) is 4.20. The minimum absolute atomic E-state index is 0.150. The van der Waals surface area contributed by atoms with Crippen LogP contribution in [0.5, 0.6) is 0 Å². The van der Waals surface area contributed by atoms with E-state index in [4.69, 9.17) is 11.6 Å². The molecule has 1 amide bonds. The summed E-state index contributed by atoms with van der Waals surface area (Å²) < 4.78 is 3.28. The van der Waals surface area contributed by atoms with Gasteiger partial charge in [0.1, 0.15) is 6.04 Å². The SMILES string of the molecule is Cc1c2cnn(-c3ccccc3)c(=O)c2c(C)n1[C@H](C)C(=O)NCc1ccccc1Cl. The smallest absolute Gasteiger partial charge is 0.281 e. The van der Waals surface area contributed by atoms with E-state index in [0.717, 1.165) is 22.3 Å². The van der Waals surface area contributed by atoms with Crippen molar-refractivity contribution in [1.29, 1.82) is 0 Å². The molecule has 2 aromatic heterocycles. The molecule has 158 valence electrons. The second-order valence-corrected chi connectivity index (χ2v) is 7.92. The highest BCUT2D eigenvalue weighted by molar-refractivity contribution is 6.31. The van der Waals surface area contributed by atoms with Crippen molar-refractivity contribution in [2.24, 2.45) is 0 Å². The highest BCUT2D eigenvalue weighted by Gasteiger charge is 2.23. The van der Waals surface area contributed by atoms with Gasteiger partial charge in [0.25, 0.3) is 5.56 Å². The van der Waals surface area contributed by atoms with Gasteiger partial charge < -0.3 is 9.88 Å². The van der Waals surface area contributed by atoms with E-state index in [0.29, 0.717) is 22.6 Å². The third kappa shape index (κ3) is 3.75. The standard InChI is InChI=1S/C24H23ClN4O2/c1-15-20-14-27-29(19-10-5-4-6-11-19)24(31)22(20)16(2)28(15)17(3)23(30)26-13-18-9-7-8-12-21(18)25/h4-12,14,17H,13H2,1-3H3,(H,26,30)/t17-/m1/s1. The monoisotopic (exact) mass is 434 g/mol. The topological polar surface area (TPSA) is 68.9 Å². The second-order valence-electron chi connectivity index (χ2n) is 7.51. The summed E-state index contributed by atoms with van der Waals surface area (Å²) in [6.45, 7) is 5.93. The molecule has 0 radical (unpaired) electrons. The first-order valence-corrected chi connectivity index (χ1v) is 10.4. The number of hydrogen-bond acceptors (Lipinski definition) is 3. The first-order valence-electron chi connectivity index (χ1n) is 10.1. The van der Waals surface area contributed by atoms with Crippen LogP contribution >= 0.6 is 11.6 Å². The summed E-state index contributed by atoms with van der Waals surface area (Å²) in [4.78, 5) is 26.1. The molecular weight excluding hydrogens is 412 g/mol. The maximum absolute atomic E-state index is 13.2. The Bertz CT molecular complexity index is 1320. The zero-order chi connectivity index (χ0) is 22.1. The predicted molar refractivity (Wildman–Crippen MR) is 123 cm³/mol. The number of aryl methyl sites for hydroxylation is 2. The highest BCUT2D eigenvalue weighted by atomic mass is 35.5. The summed E-state index contributed by atoms with van der Waals surface area (Å²) in [5.74, 6) is -0.150. The molecule has 7 heteroatoms. The van der Waals surface area contributed by atoms with Gasteiger partial charge in [0.15, 0.2) is 0 Å². The third-order valence-electron chi connectivity index (χ3n) is 5.63. The molecule has 0 bridgehead atoms. The molecule has 0 saturated heterocycles. The minimum atomic E-state index is -0.500. The number of nitrogens with one attached hydrogen (secondary N) is 1. The molecule has 0 aliphatic rings. The number of para-hydroxylation sites is 1. The first-order chi connectivity index (χ1) is 14.9. The minimum Gasteiger partial charge on any atom is -0.350 e. The number of hydrogen-bond donors (Lipinski definition) is 1. The number of fused-ring (bicyclic) bond motifs is 1. The number of nitrogens with zero attached hydrogens (tertiary/aromatic N) is 3. The molecule has 4 aromatic rings. The molecule has 0 unspecified atom stereocenters. The lowest BCUT2D eigenvalue weighted by Gasteiger charge is -2.18. The van der Waals surface area contributed by atoms with E-state index in [9.17, 15) is 9.59 Å². The van der Waals surface area contributed by atoms with Crippen molar-refractivity contribution in [3.05, 3.63) is 93.1 Å². The quantitative estimate of drug-likeness (QED) is 0.508. The Morgan fingerprint density at radius 2 is 1.74 bits per heavy atom. The summed E-state index contributed by atoms with van der Waals surface area (Å²) in [5.41, 5.74) is 2.92. The van der Waals surface area contributed by atoms with Crippen molar-refractivity contribution >= 4 is 28.3 Å². The van der Waals surface area contributed by atoms with Gasteiger partial charge in [-0.25, -0.2) is 0 Å². The summed E-state index contributed by atoms with van der Waals surface area (Å²) in [7, 11) is 0. The van der Waals surface area contributed by atoms with E-state index < -0.39 is 6.04 Å². The molecule has 0 saturated carbocycles. The Hall–Kier alpha value is -3.38. The normalized spacial score (nSPS) is 12.1. The van der Waals surface area contributed by atoms with Crippen LogP contribution < -0.4 is 10.9 Å². The summed E-state index contributed by atoms with van der Waals surface area (Å²) in [6.07, 6.45) is 1.69. The molecule has 0 aliphatic heterocycles. The van der Waals surface area contributed by atoms with Crippen LogP contribution in [0.4, 0.5) is 0 Å². The van der Waals surface area contributed by atoms with Crippen LogP contribution in [0.2, 0.25) is 5.02 Å². The summed E-state index contributed by atoms with van der Waals surface area (Å²) in [5, 5.41) is 9.24. The van der Waals surface area contributed by atoms with Crippen molar-refractivity contribution in [2.45, 2.75) is 33.4 Å². The van der Waals surface area contributed by atoms with Crippen molar-refractivity contribution in [3.63, 3.8) is 0 Å². The van der Waals surface area contributed by atoms with Gasteiger partial charge in [-0.05, 0) is 44.5 Å². The average Bonchev–Trinajstić information content (AvgIpc) is 3.04. The molecule has 6 nitrogen and oxygen atoms in total. The number of carbonyl (C=O) groups excluding carboxylic acids is 1. The van der Waals surface area contributed by atoms with Crippen LogP contribution in [0, 0.1) is 13.8 Å². The van der Waals surface area contributed by atoms with E-state index >= 15 is 0 Å². The third-order valence-corrected chi connectivity index (χ3v) is 6.00. The zero-order valence-corrected chi connectivity index (χ0v) is 18.3. The molecule has 0 fully saturated rings. The van der Waals surface area contributed by atoms with Crippen LogP contribution in [0.1, 0.15) is 29.9 Å². The van der Waals surface area contributed by atoms with Gasteiger partial charge in [-0.2, -0.15) is 9.78 Å². The van der Waals surface area contributed by atoms with Crippen molar-refractivity contribution in [2.75, 3.05) is 0 Å². The lowest BCUT2D eigenvalue weighted by atomic mass is 10.2. The lowest BCUT2D eigenvalue weighted by molar-refractivity contribution is -0.124. The van der Waals surface area contributed by atoms with Gasteiger partial charge in [0.05, 0.1) is 17.3 Å². The van der Waals surface area contributed by atoms with E-state index in [1.807, 2.05) is 73.9 Å². The number of halogens is 1. The van der Waals surface area contributed by atoms with Gasteiger partial charge in [0, 0.05) is 28.3 Å². The van der Waals surface area contributed by atoms with Crippen LogP contribution in [0.15, 0.2) is 65.6 Å². The molecule has 0 spiro atoms. The van der Waals surface area contributed by atoms with Crippen molar-refractivity contribution in [3.8, 4) is 5.69 Å². The van der Waals surface area contributed by atoms with Crippen LogP contribution in [-0.4, -0.2) is 20.3 Å². The van der Waals surface area contributed by atoms with E-state index in [1.54, 1.807) is 12.3 Å². The van der Waals surface area contributed by atoms with E-state index in [1.165, 1.54) is 4.68 Å². The Morgan fingerprint density at radius 3 is 2.45 bits per heavy atom. The van der Waals surface area contributed by atoms with Gasteiger partial charge in [-0.15, -0.1) is 0 Å². The predicted octanol–water partition coefficient (Wildman–Crippen LogP) is 4.33. The van der Waals surface area contributed by atoms with Gasteiger partial charge in [0.2, 0.25) is 5.91 Å². The zero-order valence-electron chi connectivity index (χ0n) is 17.6. The Balaban J connectivity index is 1.69. The average molecular weight is 435 g/mol. The molecule has 2 aromatic carbocycles. The number of carbonyl (C=O) groups is 1. The molecule has 1 atom stereocenters. The van der Waals surface area contributed by atoms with Crippen LogP contribution in [0.25, 0.3) is 16.5 Å². The summed E-state index contributed by atoms with van der Waals surface area (Å²) in [6, 6.07) is 16.2. The lowest BCUT2D eigenvalue weighted by Crippen LogP contribution is -2.31. The van der Waals surface area contributed by atoms with E-state index in [-0.39, 0.29) is 11.5 Å². The largest absolute Gasteiger partial charge is 0.350 e. The number of benzene rings is 2. The Kier molecular flexibility index (Phi) is 5.65. The fourth-order valence-electron chi connectivity index (χ4n) is 4.00. The maximum Gasteiger partial charge on any atom is 0.281 e. The number of amides is 1. The van der Waals surface area contributed by atoms with Crippen LogP contribution in [-0.2, 0) is 11.3 Å². The Morgan fingerprint density at radius 1 is 1.06 bits per heavy atom. The second kappa shape index (κ2) is 8.40. The Labute approximate surface area is 185 Å². The van der Waals surface area contributed by atoms with Gasteiger partial charge >= 0.3 is 0 Å². The molecule has 31 heavy (non-hydrogen) atoms. The molecule has 4 rings (SSSR count). The van der Waals surface area contributed by atoms with Gasteiger partial charge in [-0.3, -0.25) is 9.59 Å². The highest BCUT2D eigenvalue weighted by Crippen LogP contribution is 2.26. The maximum atomic E-state index is 13.2. The molecule has 2 heterocycles. The van der Waals surface area contributed by atoms with Crippen molar-refractivity contribution < 1.29 is 4.79 Å². The van der Waals surface area contributed by atoms with E-state index in [2.05, 4.69) is 10.4 Å². The number of aromatic nitrogens is 3. The molecule has 1 N–H and O–H groups in total. The molecular formula is C24H23ClN4O2. The summed E-state index contributed by atoms with van der Waals surface area (Å²) >= 11 is 6.19. The van der Waals surface area contributed by atoms with Crippen molar-refractivity contribution in [1.82, 2.24) is 19.7 Å². The fraction of sp³-hybridized carbons (Fsp3) is 0.208. The number of rotatable bonds is 5. The first kappa shape index (κ1) is 20.9. The molecule has 0 aliphatic carbocycles.